The standard InChI is InChI=1S/C15H17N5OS/c1-10-5-11(2)20(17-10)13-6-19(7-13)8-14-16-15(18-21-14)12-3-4-22-9-12/h3-5,9,13H,6-8H2,1-2H3. The predicted octanol–water partition coefficient (Wildman–Crippen LogP) is 2.67. The lowest BCUT2D eigenvalue weighted by atomic mass is 10.1. The van der Waals surface area contributed by atoms with E-state index in [1.807, 2.05) is 23.8 Å². The SMILES string of the molecule is Cc1cc(C)n(C2CN(Cc3nc(-c4ccsc4)no3)C2)n1. The molecule has 0 spiro atoms. The van der Waals surface area contributed by atoms with Gasteiger partial charge in [0.15, 0.2) is 0 Å². The molecular weight excluding hydrogens is 298 g/mol. The van der Waals surface area contributed by atoms with Crippen molar-refractivity contribution in [2.24, 2.45) is 0 Å². The quantitative estimate of drug-likeness (QED) is 0.741. The molecule has 4 rings (SSSR count). The van der Waals surface area contributed by atoms with Crippen molar-refractivity contribution < 1.29 is 4.52 Å². The van der Waals surface area contributed by atoms with Gasteiger partial charge in [-0.15, -0.1) is 0 Å². The van der Waals surface area contributed by atoms with Crippen LogP contribution in [0.4, 0.5) is 0 Å². The molecule has 0 unspecified atom stereocenters. The maximum atomic E-state index is 5.34. The maximum absolute atomic E-state index is 5.34. The molecule has 6 nitrogen and oxygen atoms in total. The first-order valence-electron chi connectivity index (χ1n) is 7.29. The Kier molecular flexibility index (Phi) is 3.31. The van der Waals surface area contributed by atoms with Crippen molar-refractivity contribution in [1.29, 1.82) is 0 Å². The van der Waals surface area contributed by atoms with Crippen LogP contribution in [0.5, 0.6) is 0 Å². The van der Waals surface area contributed by atoms with E-state index in [2.05, 4.69) is 37.8 Å². The molecule has 0 bridgehead atoms. The predicted molar refractivity (Wildman–Crippen MR) is 83.6 cm³/mol. The van der Waals surface area contributed by atoms with Crippen LogP contribution < -0.4 is 0 Å². The van der Waals surface area contributed by atoms with Crippen LogP contribution in [0.1, 0.15) is 23.3 Å². The Morgan fingerprint density at radius 3 is 2.91 bits per heavy atom. The van der Waals surface area contributed by atoms with E-state index >= 15 is 0 Å². The van der Waals surface area contributed by atoms with Gasteiger partial charge in [0.25, 0.3) is 0 Å². The molecule has 4 heterocycles. The van der Waals surface area contributed by atoms with Crippen LogP contribution in [0.25, 0.3) is 11.4 Å². The molecule has 3 aromatic heterocycles. The molecule has 0 atom stereocenters. The van der Waals surface area contributed by atoms with Gasteiger partial charge in [0.2, 0.25) is 11.7 Å². The van der Waals surface area contributed by atoms with Crippen LogP contribution in [-0.4, -0.2) is 37.9 Å². The Morgan fingerprint density at radius 1 is 1.36 bits per heavy atom. The van der Waals surface area contributed by atoms with Gasteiger partial charge in [0, 0.05) is 29.7 Å². The molecule has 114 valence electrons. The van der Waals surface area contributed by atoms with Gasteiger partial charge < -0.3 is 4.52 Å². The van der Waals surface area contributed by atoms with Gasteiger partial charge in [-0.1, -0.05) is 5.16 Å². The molecule has 1 fully saturated rings. The summed E-state index contributed by atoms with van der Waals surface area (Å²) < 4.78 is 7.46. The van der Waals surface area contributed by atoms with Crippen molar-refractivity contribution in [3.8, 4) is 11.4 Å². The summed E-state index contributed by atoms with van der Waals surface area (Å²) in [4.78, 5) is 6.76. The van der Waals surface area contributed by atoms with Crippen molar-refractivity contribution in [1.82, 2.24) is 24.8 Å². The lowest BCUT2D eigenvalue weighted by Gasteiger charge is -2.38. The molecule has 0 aliphatic carbocycles. The summed E-state index contributed by atoms with van der Waals surface area (Å²) in [5, 5.41) is 12.6. The number of aryl methyl sites for hydroxylation is 2. The zero-order valence-corrected chi connectivity index (χ0v) is 13.4. The third kappa shape index (κ3) is 2.46. The summed E-state index contributed by atoms with van der Waals surface area (Å²) in [6.07, 6.45) is 0. The molecule has 0 amide bonds. The highest BCUT2D eigenvalue weighted by Crippen LogP contribution is 2.25. The molecule has 0 saturated carbocycles. The van der Waals surface area contributed by atoms with Crippen molar-refractivity contribution in [2.45, 2.75) is 26.4 Å². The van der Waals surface area contributed by atoms with E-state index in [4.69, 9.17) is 4.52 Å². The number of hydrogen-bond donors (Lipinski definition) is 0. The van der Waals surface area contributed by atoms with E-state index in [0.29, 0.717) is 24.3 Å². The minimum atomic E-state index is 0.452. The van der Waals surface area contributed by atoms with Crippen LogP contribution in [0, 0.1) is 13.8 Å². The minimum Gasteiger partial charge on any atom is -0.338 e. The molecule has 0 aromatic carbocycles. The first kappa shape index (κ1) is 13.7. The second-order valence-electron chi connectivity index (χ2n) is 5.74. The van der Waals surface area contributed by atoms with Crippen molar-refractivity contribution in [3.05, 3.63) is 40.2 Å². The van der Waals surface area contributed by atoms with E-state index in [9.17, 15) is 0 Å². The van der Waals surface area contributed by atoms with E-state index in [1.54, 1.807) is 11.3 Å². The highest BCUT2D eigenvalue weighted by molar-refractivity contribution is 7.08. The molecule has 22 heavy (non-hydrogen) atoms. The van der Waals surface area contributed by atoms with Crippen LogP contribution in [0.15, 0.2) is 27.4 Å². The van der Waals surface area contributed by atoms with E-state index in [1.165, 1.54) is 5.69 Å². The van der Waals surface area contributed by atoms with Gasteiger partial charge in [-0.3, -0.25) is 9.58 Å². The fraction of sp³-hybridized carbons (Fsp3) is 0.400. The lowest BCUT2D eigenvalue weighted by Crippen LogP contribution is -2.47. The van der Waals surface area contributed by atoms with Gasteiger partial charge in [0.1, 0.15) is 0 Å². The molecule has 1 saturated heterocycles. The van der Waals surface area contributed by atoms with Crippen LogP contribution in [0.2, 0.25) is 0 Å². The monoisotopic (exact) mass is 315 g/mol. The van der Waals surface area contributed by atoms with Crippen LogP contribution in [-0.2, 0) is 6.54 Å². The number of rotatable bonds is 4. The summed E-state index contributed by atoms with van der Waals surface area (Å²) in [5.41, 5.74) is 3.32. The molecule has 0 radical (unpaired) electrons. The largest absolute Gasteiger partial charge is 0.338 e. The molecule has 1 aliphatic heterocycles. The second-order valence-corrected chi connectivity index (χ2v) is 6.52. The number of likely N-dealkylation sites (tertiary alicyclic amines) is 1. The minimum absolute atomic E-state index is 0.452. The van der Waals surface area contributed by atoms with Crippen LogP contribution in [0.3, 0.4) is 0 Å². The number of aromatic nitrogens is 4. The highest BCUT2D eigenvalue weighted by Gasteiger charge is 2.30. The fourth-order valence-electron chi connectivity index (χ4n) is 2.86. The Balaban J connectivity index is 1.37. The molecule has 7 heteroatoms. The first-order chi connectivity index (χ1) is 10.7. The Morgan fingerprint density at radius 2 is 2.23 bits per heavy atom. The fourth-order valence-corrected chi connectivity index (χ4v) is 3.50. The number of nitrogens with zero attached hydrogens (tertiary/aromatic N) is 5. The highest BCUT2D eigenvalue weighted by atomic mass is 32.1. The smallest absolute Gasteiger partial charge is 0.241 e. The Labute approximate surface area is 132 Å². The summed E-state index contributed by atoms with van der Waals surface area (Å²) in [5.74, 6) is 1.35. The lowest BCUT2D eigenvalue weighted by molar-refractivity contribution is 0.0777. The molecule has 3 aromatic rings. The van der Waals surface area contributed by atoms with Crippen molar-refractivity contribution >= 4 is 11.3 Å². The van der Waals surface area contributed by atoms with Gasteiger partial charge >= 0.3 is 0 Å². The maximum Gasteiger partial charge on any atom is 0.241 e. The van der Waals surface area contributed by atoms with E-state index < -0.39 is 0 Å². The van der Waals surface area contributed by atoms with Gasteiger partial charge in [-0.2, -0.15) is 21.4 Å². The third-order valence-electron chi connectivity index (χ3n) is 3.93. The average Bonchev–Trinajstić information content (AvgIpc) is 3.14. The number of thiophene rings is 1. The van der Waals surface area contributed by atoms with E-state index in [-0.39, 0.29) is 0 Å². The van der Waals surface area contributed by atoms with Gasteiger partial charge in [-0.25, -0.2) is 0 Å². The summed E-state index contributed by atoms with van der Waals surface area (Å²) in [6.45, 7) is 6.78. The molecule has 1 aliphatic rings. The Bertz CT molecular complexity index is 770. The van der Waals surface area contributed by atoms with Crippen molar-refractivity contribution in [2.75, 3.05) is 13.1 Å². The van der Waals surface area contributed by atoms with Crippen molar-refractivity contribution in [3.63, 3.8) is 0 Å². The summed E-state index contributed by atoms with van der Waals surface area (Å²) in [7, 11) is 0. The molecule has 0 N–H and O–H groups in total. The topological polar surface area (TPSA) is 60.0 Å². The van der Waals surface area contributed by atoms with Gasteiger partial charge in [-0.05, 0) is 31.4 Å². The number of hydrogen-bond acceptors (Lipinski definition) is 6. The normalized spacial score (nSPS) is 16.1. The zero-order chi connectivity index (χ0) is 15.1. The zero-order valence-electron chi connectivity index (χ0n) is 12.6. The molecular formula is C15H17N5OS. The third-order valence-corrected chi connectivity index (χ3v) is 4.62. The summed E-state index contributed by atoms with van der Waals surface area (Å²) >= 11 is 1.63. The first-order valence-corrected chi connectivity index (χ1v) is 8.23. The summed E-state index contributed by atoms with van der Waals surface area (Å²) in [6, 6.07) is 4.57. The average molecular weight is 315 g/mol. The van der Waals surface area contributed by atoms with Gasteiger partial charge in [0.05, 0.1) is 18.3 Å². The van der Waals surface area contributed by atoms with Crippen LogP contribution >= 0.6 is 11.3 Å². The van der Waals surface area contributed by atoms with E-state index in [0.717, 1.165) is 24.3 Å². The Hall–Kier alpha value is -1.99. The second kappa shape index (κ2) is 5.33.